The van der Waals surface area contributed by atoms with Crippen molar-refractivity contribution in [3.63, 3.8) is 0 Å². The molecule has 1 unspecified atom stereocenters. The summed E-state index contributed by atoms with van der Waals surface area (Å²) in [5.41, 5.74) is 5.97. The van der Waals surface area contributed by atoms with E-state index in [4.69, 9.17) is 5.73 Å². The Bertz CT molecular complexity index is 492. The highest BCUT2D eigenvalue weighted by atomic mass is 32.1. The molecule has 5 nitrogen and oxygen atoms in total. The smallest absolute Gasteiger partial charge is 0.244 e. The van der Waals surface area contributed by atoms with Crippen LogP contribution >= 0.6 is 11.3 Å². The Kier molecular flexibility index (Phi) is 3.29. The van der Waals surface area contributed by atoms with Gasteiger partial charge in [-0.05, 0) is 24.3 Å². The Labute approximate surface area is 110 Å². The molecule has 0 amide bonds. The summed E-state index contributed by atoms with van der Waals surface area (Å²) in [6, 6.07) is 4.42. The van der Waals surface area contributed by atoms with Gasteiger partial charge in [-0.1, -0.05) is 6.07 Å². The van der Waals surface area contributed by atoms with Crippen LogP contribution in [0.3, 0.4) is 0 Å². The minimum atomic E-state index is 0.248. The second-order valence-electron chi connectivity index (χ2n) is 4.69. The summed E-state index contributed by atoms with van der Waals surface area (Å²) in [7, 11) is 0. The molecule has 0 aromatic carbocycles. The number of hydrogen-bond donors (Lipinski definition) is 2. The van der Waals surface area contributed by atoms with E-state index in [1.807, 2.05) is 0 Å². The predicted octanol–water partition coefficient (Wildman–Crippen LogP) is 1.38. The monoisotopic (exact) mass is 263 g/mol. The molecule has 0 bridgehead atoms. The number of piperidine rings is 1. The maximum Gasteiger partial charge on any atom is 0.244 e. The van der Waals surface area contributed by atoms with Crippen molar-refractivity contribution in [3.05, 3.63) is 28.2 Å². The van der Waals surface area contributed by atoms with Crippen molar-refractivity contribution in [1.82, 2.24) is 15.2 Å². The van der Waals surface area contributed by atoms with Gasteiger partial charge in [0.15, 0.2) is 0 Å². The molecule has 1 aliphatic rings. The van der Waals surface area contributed by atoms with Crippen molar-refractivity contribution >= 4 is 17.3 Å². The Balaban J connectivity index is 1.69. The first-order valence-electron chi connectivity index (χ1n) is 6.25. The summed E-state index contributed by atoms with van der Waals surface area (Å²) < 4.78 is 0. The molecule has 0 spiro atoms. The molecule has 2 aromatic heterocycles. The fourth-order valence-corrected chi connectivity index (χ4v) is 2.98. The van der Waals surface area contributed by atoms with Gasteiger partial charge in [0.2, 0.25) is 5.95 Å². The lowest BCUT2D eigenvalue weighted by Gasteiger charge is -2.29. The molecule has 2 aromatic rings. The maximum atomic E-state index is 5.97. The number of nitrogens with one attached hydrogen (secondary N) is 1. The SMILES string of the molecule is NC1CCCN(c2n[nH]c(Cc3cccs3)n2)C1. The van der Waals surface area contributed by atoms with Crippen LogP contribution in [0.4, 0.5) is 5.95 Å². The largest absolute Gasteiger partial charge is 0.338 e. The molecule has 18 heavy (non-hydrogen) atoms. The lowest BCUT2D eigenvalue weighted by atomic mass is 10.1. The molecular weight excluding hydrogens is 246 g/mol. The number of nitrogens with zero attached hydrogens (tertiary/aromatic N) is 3. The van der Waals surface area contributed by atoms with Crippen LogP contribution in [0.15, 0.2) is 17.5 Å². The molecule has 3 rings (SSSR count). The maximum absolute atomic E-state index is 5.97. The van der Waals surface area contributed by atoms with Gasteiger partial charge in [0.25, 0.3) is 0 Å². The molecule has 3 N–H and O–H groups in total. The van der Waals surface area contributed by atoms with Gasteiger partial charge in [0, 0.05) is 30.4 Å². The molecule has 0 saturated carbocycles. The van der Waals surface area contributed by atoms with E-state index >= 15 is 0 Å². The van der Waals surface area contributed by atoms with E-state index in [0.717, 1.165) is 44.1 Å². The van der Waals surface area contributed by atoms with Crippen LogP contribution in [0.2, 0.25) is 0 Å². The van der Waals surface area contributed by atoms with Crippen LogP contribution in [0.5, 0.6) is 0 Å². The third-order valence-electron chi connectivity index (χ3n) is 3.18. The number of H-pyrrole nitrogens is 1. The van der Waals surface area contributed by atoms with Crippen molar-refractivity contribution in [2.75, 3.05) is 18.0 Å². The number of hydrogen-bond acceptors (Lipinski definition) is 5. The van der Waals surface area contributed by atoms with Crippen molar-refractivity contribution in [3.8, 4) is 0 Å². The number of anilines is 1. The van der Waals surface area contributed by atoms with Gasteiger partial charge in [-0.15, -0.1) is 16.4 Å². The second-order valence-corrected chi connectivity index (χ2v) is 5.72. The zero-order valence-corrected chi connectivity index (χ0v) is 11.0. The van der Waals surface area contributed by atoms with E-state index in [1.165, 1.54) is 4.88 Å². The highest BCUT2D eigenvalue weighted by molar-refractivity contribution is 7.09. The Morgan fingerprint density at radius 2 is 2.50 bits per heavy atom. The van der Waals surface area contributed by atoms with Gasteiger partial charge in [-0.2, -0.15) is 4.98 Å². The average Bonchev–Trinajstić information content (AvgIpc) is 3.01. The minimum Gasteiger partial charge on any atom is -0.338 e. The van der Waals surface area contributed by atoms with Crippen LogP contribution in [0.25, 0.3) is 0 Å². The number of nitrogens with two attached hydrogens (primary N) is 1. The molecule has 0 aliphatic carbocycles. The van der Waals surface area contributed by atoms with Crippen LogP contribution in [-0.2, 0) is 6.42 Å². The van der Waals surface area contributed by atoms with E-state index in [9.17, 15) is 0 Å². The van der Waals surface area contributed by atoms with Crippen LogP contribution in [0.1, 0.15) is 23.5 Å². The predicted molar refractivity (Wildman–Crippen MR) is 72.9 cm³/mol. The fraction of sp³-hybridized carbons (Fsp3) is 0.500. The van der Waals surface area contributed by atoms with Gasteiger partial charge < -0.3 is 10.6 Å². The number of aromatic nitrogens is 3. The van der Waals surface area contributed by atoms with Crippen LogP contribution in [0, 0.1) is 0 Å². The summed E-state index contributed by atoms with van der Waals surface area (Å²) in [5.74, 6) is 1.71. The van der Waals surface area contributed by atoms with E-state index in [-0.39, 0.29) is 6.04 Å². The fourth-order valence-electron chi connectivity index (χ4n) is 2.28. The molecule has 1 aliphatic heterocycles. The standard InChI is InChI=1S/C12H17N5S/c13-9-3-1-5-17(8-9)12-14-11(15-16-12)7-10-4-2-6-18-10/h2,4,6,9H,1,3,5,7-8,13H2,(H,14,15,16). The van der Waals surface area contributed by atoms with Crippen molar-refractivity contribution in [2.45, 2.75) is 25.3 Å². The number of rotatable bonds is 3. The van der Waals surface area contributed by atoms with E-state index < -0.39 is 0 Å². The zero-order valence-electron chi connectivity index (χ0n) is 10.2. The Hall–Kier alpha value is -1.40. The van der Waals surface area contributed by atoms with E-state index in [2.05, 4.69) is 37.6 Å². The third-order valence-corrected chi connectivity index (χ3v) is 4.06. The van der Waals surface area contributed by atoms with Crippen molar-refractivity contribution in [1.29, 1.82) is 0 Å². The van der Waals surface area contributed by atoms with Gasteiger partial charge in [0.1, 0.15) is 5.82 Å². The van der Waals surface area contributed by atoms with Gasteiger partial charge in [-0.25, -0.2) is 0 Å². The first kappa shape index (κ1) is 11.7. The number of aromatic amines is 1. The van der Waals surface area contributed by atoms with E-state index in [1.54, 1.807) is 11.3 Å². The Morgan fingerprint density at radius 1 is 1.56 bits per heavy atom. The summed E-state index contributed by atoms with van der Waals surface area (Å²) in [4.78, 5) is 8.02. The molecular formula is C12H17N5S. The quantitative estimate of drug-likeness (QED) is 0.877. The van der Waals surface area contributed by atoms with Gasteiger partial charge >= 0.3 is 0 Å². The van der Waals surface area contributed by atoms with Gasteiger partial charge in [-0.3, -0.25) is 5.10 Å². The van der Waals surface area contributed by atoms with Crippen molar-refractivity contribution in [2.24, 2.45) is 5.73 Å². The summed E-state index contributed by atoms with van der Waals surface area (Å²) in [5, 5.41) is 9.39. The third kappa shape index (κ3) is 2.54. The molecule has 1 saturated heterocycles. The lowest BCUT2D eigenvalue weighted by Crippen LogP contribution is -2.43. The van der Waals surface area contributed by atoms with E-state index in [0.29, 0.717) is 0 Å². The summed E-state index contributed by atoms with van der Waals surface area (Å²) in [6.07, 6.45) is 3.05. The molecule has 1 fully saturated rings. The second kappa shape index (κ2) is 5.07. The Morgan fingerprint density at radius 3 is 3.28 bits per heavy atom. The number of thiophene rings is 1. The highest BCUT2D eigenvalue weighted by Gasteiger charge is 2.20. The minimum absolute atomic E-state index is 0.248. The van der Waals surface area contributed by atoms with Gasteiger partial charge in [0.05, 0.1) is 0 Å². The van der Waals surface area contributed by atoms with Crippen LogP contribution in [-0.4, -0.2) is 34.3 Å². The van der Waals surface area contributed by atoms with Crippen LogP contribution < -0.4 is 10.6 Å². The lowest BCUT2D eigenvalue weighted by molar-refractivity contribution is 0.500. The zero-order chi connectivity index (χ0) is 12.4. The summed E-state index contributed by atoms with van der Waals surface area (Å²) >= 11 is 1.74. The average molecular weight is 263 g/mol. The first-order chi connectivity index (χ1) is 8.81. The molecule has 6 heteroatoms. The molecule has 1 atom stereocenters. The topological polar surface area (TPSA) is 70.8 Å². The first-order valence-corrected chi connectivity index (χ1v) is 7.13. The molecule has 0 radical (unpaired) electrons. The molecule has 3 heterocycles. The molecule has 96 valence electrons. The highest BCUT2D eigenvalue weighted by Crippen LogP contribution is 2.17. The normalized spacial score (nSPS) is 20.3. The van der Waals surface area contributed by atoms with Crippen molar-refractivity contribution < 1.29 is 0 Å². The summed E-state index contributed by atoms with van der Waals surface area (Å²) in [6.45, 7) is 1.86.